The topological polar surface area (TPSA) is 20.2 Å². The molecule has 0 aromatic rings. The molecule has 0 aromatic heterocycles. The van der Waals surface area contributed by atoms with Gasteiger partial charge in [-0.1, -0.05) is 45.8 Å². The van der Waals surface area contributed by atoms with Gasteiger partial charge in [-0.05, 0) is 30.6 Å². The van der Waals surface area contributed by atoms with Crippen LogP contribution in [0.2, 0.25) is 0 Å². The molecule has 1 heteroatoms. The lowest BCUT2D eigenvalue weighted by atomic mass is 9.50. The summed E-state index contributed by atoms with van der Waals surface area (Å²) in [5.74, 6) is 0.582. The molecule has 0 aliphatic heterocycles. The lowest BCUT2D eigenvalue weighted by Crippen LogP contribution is -2.52. The van der Waals surface area contributed by atoms with E-state index in [1.165, 1.54) is 19.3 Å². The average molecular weight is 208 g/mol. The second kappa shape index (κ2) is 3.62. The number of allylic oxidation sites excluding steroid dienone is 2. The SMILES string of the molecule is CC1C=CCC2(CCCCC2O)C1(C)C. The maximum absolute atomic E-state index is 10.4. The smallest absolute Gasteiger partial charge is 0.0604 e. The van der Waals surface area contributed by atoms with Gasteiger partial charge in [-0.25, -0.2) is 0 Å². The van der Waals surface area contributed by atoms with Crippen LogP contribution in [0.4, 0.5) is 0 Å². The minimum absolute atomic E-state index is 0.0892. The summed E-state index contributed by atoms with van der Waals surface area (Å²) < 4.78 is 0. The molecular formula is C14H24O. The lowest BCUT2D eigenvalue weighted by molar-refractivity contribution is -0.109. The third-order valence-corrected chi connectivity index (χ3v) is 5.32. The van der Waals surface area contributed by atoms with Crippen molar-refractivity contribution in [2.75, 3.05) is 0 Å². The molecule has 0 aromatic carbocycles. The number of rotatable bonds is 0. The molecule has 3 atom stereocenters. The first kappa shape index (κ1) is 11.2. The largest absolute Gasteiger partial charge is 0.393 e. The average Bonchev–Trinajstić information content (AvgIpc) is 2.18. The summed E-state index contributed by atoms with van der Waals surface area (Å²) in [4.78, 5) is 0. The molecule has 15 heavy (non-hydrogen) atoms. The van der Waals surface area contributed by atoms with E-state index >= 15 is 0 Å². The van der Waals surface area contributed by atoms with Crippen molar-refractivity contribution in [1.29, 1.82) is 0 Å². The van der Waals surface area contributed by atoms with Crippen LogP contribution < -0.4 is 0 Å². The Labute approximate surface area is 93.6 Å². The first-order valence-electron chi connectivity index (χ1n) is 6.35. The molecule has 1 fully saturated rings. The van der Waals surface area contributed by atoms with Crippen LogP contribution in [0.25, 0.3) is 0 Å². The summed E-state index contributed by atoms with van der Waals surface area (Å²) in [5.41, 5.74) is 0.390. The number of hydrogen-bond donors (Lipinski definition) is 1. The Morgan fingerprint density at radius 1 is 1.27 bits per heavy atom. The summed E-state index contributed by atoms with van der Waals surface area (Å²) in [7, 11) is 0. The first-order chi connectivity index (χ1) is 7.01. The number of hydrogen-bond acceptors (Lipinski definition) is 1. The van der Waals surface area contributed by atoms with Gasteiger partial charge in [0.05, 0.1) is 6.10 Å². The normalized spacial score (nSPS) is 44.5. The summed E-state index contributed by atoms with van der Waals surface area (Å²) in [6.45, 7) is 6.98. The number of aliphatic hydroxyl groups is 1. The molecule has 1 spiro atoms. The Bertz CT molecular complexity index is 267. The van der Waals surface area contributed by atoms with Crippen molar-refractivity contribution in [2.45, 2.75) is 59.0 Å². The van der Waals surface area contributed by atoms with Gasteiger partial charge in [0, 0.05) is 5.41 Å². The zero-order chi connectivity index (χ0) is 11.1. The van der Waals surface area contributed by atoms with Crippen molar-refractivity contribution in [2.24, 2.45) is 16.7 Å². The minimum atomic E-state index is -0.0892. The van der Waals surface area contributed by atoms with Gasteiger partial charge in [0.1, 0.15) is 0 Å². The second-order valence-corrected chi connectivity index (χ2v) is 6.06. The highest BCUT2D eigenvalue weighted by Crippen LogP contribution is 2.57. The van der Waals surface area contributed by atoms with Crippen LogP contribution in [0.1, 0.15) is 52.9 Å². The molecule has 0 heterocycles. The minimum Gasteiger partial charge on any atom is -0.393 e. The fraction of sp³-hybridized carbons (Fsp3) is 0.857. The predicted molar refractivity (Wildman–Crippen MR) is 63.6 cm³/mol. The van der Waals surface area contributed by atoms with E-state index in [2.05, 4.69) is 32.9 Å². The monoisotopic (exact) mass is 208 g/mol. The molecule has 3 unspecified atom stereocenters. The van der Waals surface area contributed by atoms with Crippen LogP contribution in [-0.2, 0) is 0 Å². The zero-order valence-electron chi connectivity index (χ0n) is 10.3. The Morgan fingerprint density at radius 2 is 2.00 bits per heavy atom. The van der Waals surface area contributed by atoms with Gasteiger partial charge in [-0.3, -0.25) is 0 Å². The highest BCUT2D eigenvalue weighted by Gasteiger charge is 2.53. The van der Waals surface area contributed by atoms with Crippen LogP contribution in [0.3, 0.4) is 0 Å². The molecule has 1 N–H and O–H groups in total. The molecule has 1 nitrogen and oxygen atoms in total. The van der Waals surface area contributed by atoms with E-state index in [1.54, 1.807) is 0 Å². The maximum atomic E-state index is 10.4. The van der Waals surface area contributed by atoms with Crippen LogP contribution in [0.5, 0.6) is 0 Å². The van der Waals surface area contributed by atoms with Crippen molar-refractivity contribution in [1.82, 2.24) is 0 Å². The molecule has 2 aliphatic carbocycles. The van der Waals surface area contributed by atoms with E-state index in [1.807, 2.05) is 0 Å². The summed E-state index contributed by atoms with van der Waals surface area (Å²) >= 11 is 0. The molecule has 2 aliphatic rings. The van der Waals surface area contributed by atoms with Gasteiger partial charge >= 0.3 is 0 Å². The summed E-state index contributed by atoms with van der Waals surface area (Å²) in [5, 5.41) is 10.4. The Hall–Kier alpha value is -0.300. The predicted octanol–water partition coefficient (Wildman–Crippen LogP) is 3.53. The van der Waals surface area contributed by atoms with E-state index in [0.717, 1.165) is 12.8 Å². The molecular weight excluding hydrogens is 184 g/mol. The maximum Gasteiger partial charge on any atom is 0.0604 e. The van der Waals surface area contributed by atoms with Gasteiger partial charge in [0.2, 0.25) is 0 Å². The van der Waals surface area contributed by atoms with E-state index in [-0.39, 0.29) is 16.9 Å². The third-order valence-electron chi connectivity index (χ3n) is 5.32. The standard InChI is InChI=1S/C14H24O/c1-11-7-6-10-14(13(11,2)3)9-5-4-8-12(14)15/h6-7,11-12,15H,4-5,8-10H2,1-3H3. The van der Waals surface area contributed by atoms with Gasteiger partial charge in [-0.15, -0.1) is 0 Å². The highest BCUT2D eigenvalue weighted by atomic mass is 16.3. The zero-order valence-corrected chi connectivity index (χ0v) is 10.3. The van der Waals surface area contributed by atoms with E-state index < -0.39 is 0 Å². The van der Waals surface area contributed by atoms with Gasteiger partial charge in [0.15, 0.2) is 0 Å². The molecule has 1 saturated carbocycles. The molecule has 86 valence electrons. The lowest BCUT2D eigenvalue weighted by Gasteiger charge is -2.56. The molecule has 0 saturated heterocycles. The van der Waals surface area contributed by atoms with Gasteiger partial charge in [0.25, 0.3) is 0 Å². The molecule has 0 bridgehead atoms. The van der Waals surface area contributed by atoms with Crippen molar-refractivity contribution in [3.05, 3.63) is 12.2 Å². The highest BCUT2D eigenvalue weighted by molar-refractivity contribution is 5.13. The van der Waals surface area contributed by atoms with Crippen molar-refractivity contribution in [3.8, 4) is 0 Å². The quantitative estimate of drug-likeness (QED) is 0.604. The second-order valence-electron chi connectivity index (χ2n) is 6.06. The third kappa shape index (κ3) is 1.47. The van der Waals surface area contributed by atoms with E-state index in [0.29, 0.717) is 5.92 Å². The van der Waals surface area contributed by atoms with Crippen LogP contribution >= 0.6 is 0 Å². The fourth-order valence-electron chi connectivity index (χ4n) is 3.65. The van der Waals surface area contributed by atoms with Gasteiger partial charge in [-0.2, -0.15) is 0 Å². The summed E-state index contributed by atoms with van der Waals surface area (Å²) in [6, 6.07) is 0. The fourth-order valence-corrected chi connectivity index (χ4v) is 3.65. The molecule has 2 rings (SSSR count). The first-order valence-corrected chi connectivity index (χ1v) is 6.35. The molecule has 0 amide bonds. The summed E-state index contributed by atoms with van der Waals surface area (Å²) in [6.07, 6.45) is 10.3. The Balaban J connectivity index is 2.36. The molecule has 0 radical (unpaired) electrons. The Kier molecular flexibility index (Phi) is 2.70. The van der Waals surface area contributed by atoms with E-state index in [9.17, 15) is 5.11 Å². The van der Waals surface area contributed by atoms with Crippen molar-refractivity contribution < 1.29 is 5.11 Å². The van der Waals surface area contributed by atoms with E-state index in [4.69, 9.17) is 0 Å². The Morgan fingerprint density at radius 3 is 2.67 bits per heavy atom. The number of aliphatic hydroxyl groups excluding tert-OH is 1. The van der Waals surface area contributed by atoms with Crippen molar-refractivity contribution >= 4 is 0 Å². The van der Waals surface area contributed by atoms with Crippen molar-refractivity contribution in [3.63, 3.8) is 0 Å². The van der Waals surface area contributed by atoms with Crippen LogP contribution in [-0.4, -0.2) is 11.2 Å². The van der Waals surface area contributed by atoms with Crippen LogP contribution in [0.15, 0.2) is 12.2 Å². The van der Waals surface area contributed by atoms with Gasteiger partial charge < -0.3 is 5.11 Å². The van der Waals surface area contributed by atoms with Crippen LogP contribution in [0, 0.1) is 16.7 Å².